The third kappa shape index (κ3) is 6.47. The van der Waals surface area contributed by atoms with Gasteiger partial charge in [0.2, 0.25) is 11.8 Å². The maximum absolute atomic E-state index is 13.5. The molecule has 3 rings (SSSR count). The fourth-order valence-electron chi connectivity index (χ4n) is 4.28. The number of amides is 2. The molecule has 0 aliphatic heterocycles. The van der Waals surface area contributed by atoms with Crippen molar-refractivity contribution < 1.29 is 9.59 Å². The van der Waals surface area contributed by atoms with Gasteiger partial charge in [-0.15, -0.1) is 11.6 Å². The quantitative estimate of drug-likeness (QED) is 0.537. The summed E-state index contributed by atoms with van der Waals surface area (Å²) in [5.41, 5.74) is 1.84. The first-order valence-corrected chi connectivity index (χ1v) is 11.9. The summed E-state index contributed by atoms with van der Waals surface area (Å²) in [5, 5.41) is 3.82. The molecule has 1 aliphatic carbocycles. The summed E-state index contributed by atoms with van der Waals surface area (Å²) in [6, 6.07) is 16.4. The van der Waals surface area contributed by atoms with Gasteiger partial charge in [-0.3, -0.25) is 9.59 Å². The zero-order valence-corrected chi connectivity index (χ0v) is 19.4. The van der Waals surface area contributed by atoms with Crippen molar-refractivity contribution in [1.82, 2.24) is 10.2 Å². The first-order chi connectivity index (χ1) is 15.0. The minimum atomic E-state index is -0.749. The van der Waals surface area contributed by atoms with E-state index in [9.17, 15) is 9.59 Å². The van der Waals surface area contributed by atoms with Crippen LogP contribution in [0.15, 0.2) is 54.6 Å². The molecule has 0 saturated heterocycles. The van der Waals surface area contributed by atoms with Gasteiger partial charge in [0, 0.05) is 17.6 Å². The highest BCUT2D eigenvalue weighted by Gasteiger charge is 2.33. The number of nitrogens with zero attached hydrogens (tertiary/aromatic N) is 1. The fraction of sp³-hybridized carbons (Fsp3) is 0.440. The second-order valence-corrected chi connectivity index (χ2v) is 8.99. The minimum Gasteiger partial charge on any atom is -0.351 e. The highest BCUT2D eigenvalue weighted by Crippen LogP contribution is 2.28. The van der Waals surface area contributed by atoms with Crippen molar-refractivity contribution in [3.63, 3.8) is 0 Å². The van der Waals surface area contributed by atoms with Crippen LogP contribution in [0.1, 0.15) is 49.8 Å². The first-order valence-electron chi connectivity index (χ1n) is 10.9. The highest BCUT2D eigenvalue weighted by molar-refractivity contribution is 6.30. The van der Waals surface area contributed by atoms with E-state index >= 15 is 0 Å². The maximum atomic E-state index is 13.5. The number of carbonyl (C=O) groups excluding carboxylic acids is 2. The summed E-state index contributed by atoms with van der Waals surface area (Å²) in [6.07, 6.45) is 5.02. The van der Waals surface area contributed by atoms with Gasteiger partial charge in [0.15, 0.2) is 0 Å². The second-order valence-electron chi connectivity index (χ2n) is 8.29. The second kappa shape index (κ2) is 11.5. The first kappa shape index (κ1) is 23.6. The van der Waals surface area contributed by atoms with Crippen LogP contribution in [0.3, 0.4) is 0 Å². The van der Waals surface area contributed by atoms with Crippen molar-refractivity contribution in [1.29, 1.82) is 0 Å². The summed E-state index contributed by atoms with van der Waals surface area (Å²) in [5.74, 6) is -0.173. The smallest absolute Gasteiger partial charge is 0.247 e. The SMILES string of the molecule is C[C@@H]1CCCC[C@H]1NC(=O)[C@@H](c1ccc(Cl)cc1)N(CCc1ccccc1)C(=O)CCl. The summed E-state index contributed by atoms with van der Waals surface area (Å²) >= 11 is 12.0. The summed E-state index contributed by atoms with van der Waals surface area (Å²) in [7, 11) is 0. The molecule has 6 heteroatoms. The standard InChI is InChI=1S/C25H30Cl2N2O2/c1-18-7-5-6-10-22(18)28-25(31)24(20-11-13-21(27)14-12-20)29(23(30)17-26)16-15-19-8-3-2-4-9-19/h2-4,8-9,11-14,18,22,24H,5-7,10,15-17H2,1H3,(H,28,31)/t18-,22-,24-/m1/s1. The van der Waals surface area contributed by atoms with E-state index in [1.54, 1.807) is 17.0 Å². The predicted octanol–water partition coefficient (Wildman–Crippen LogP) is 5.39. The lowest BCUT2D eigenvalue weighted by Crippen LogP contribution is -2.49. The molecular weight excluding hydrogens is 431 g/mol. The van der Waals surface area contributed by atoms with E-state index < -0.39 is 6.04 Å². The van der Waals surface area contributed by atoms with Gasteiger partial charge < -0.3 is 10.2 Å². The van der Waals surface area contributed by atoms with Crippen molar-refractivity contribution >= 4 is 35.0 Å². The fourth-order valence-corrected chi connectivity index (χ4v) is 4.56. The van der Waals surface area contributed by atoms with Crippen LogP contribution in [0.4, 0.5) is 0 Å². The molecule has 31 heavy (non-hydrogen) atoms. The number of nitrogens with one attached hydrogen (secondary N) is 1. The normalized spacial score (nSPS) is 19.5. The van der Waals surface area contributed by atoms with Crippen LogP contribution < -0.4 is 5.32 Å². The predicted molar refractivity (Wildman–Crippen MR) is 126 cm³/mol. The van der Waals surface area contributed by atoms with E-state index in [0.29, 0.717) is 23.9 Å². The van der Waals surface area contributed by atoms with E-state index in [-0.39, 0.29) is 23.7 Å². The van der Waals surface area contributed by atoms with Crippen LogP contribution >= 0.6 is 23.2 Å². The number of carbonyl (C=O) groups is 2. The summed E-state index contributed by atoms with van der Waals surface area (Å²) < 4.78 is 0. The lowest BCUT2D eigenvalue weighted by molar-refractivity contribution is -0.139. The Morgan fingerprint density at radius 2 is 1.74 bits per heavy atom. The zero-order valence-electron chi connectivity index (χ0n) is 17.9. The lowest BCUT2D eigenvalue weighted by Gasteiger charge is -2.35. The van der Waals surface area contributed by atoms with Gasteiger partial charge >= 0.3 is 0 Å². The maximum Gasteiger partial charge on any atom is 0.247 e. The van der Waals surface area contributed by atoms with Crippen LogP contribution in [0.2, 0.25) is 5.02 Å². The molecule has 2 aromatic carbocycles. The molecule has 1 N–H and O–H groups in total. The van der Waals surface area contributed by atoms with E-state index in [1.807, 2.05) is 42.5 Å². The van der Waals surface area contributed by atoms with Crippen molar-refractivity contribution in [3.8, 4) is 0 Å². The Bertz CT molecular complexity index is 858. The van der Waals surface area contributed by atoms with Crippen molar-refractivity contribution in [2.45, 2.75) is 51.1 Å². The van der Waals surface area contributed by atoms with Gasteiger partial charge in [0.25, 0.3) is 0 Å². The molecule has 0 spiro atoms. The number of halogens is 2. The van der Waals surface area contributed by atoms with E-state index in [4.69, 9.17) is 23.2 Å². The Labute approximate surface area is 194 Å². The monoisotopic (exact) mass is 460 g/mol. The molecule has 2 amide bonds. The van der Waals surface area contributed by atoms with Crippen LogP contribution in [0, 0.1) is 5.92 Å². The number of alkyl halides is 1. The third-order valence-corrected chi connectivity index (χ3v) is 6.58. The van der Waals surface area contributed by atoms with E-state index in [1.165, 1.54) is 6.42 Å². The molecule has 0 bridgehead atoms. The van der Waals surface area contributed by atoms with E-state index in [0.717, 1.165) is 30.4 Å². The summed E-state index contributed by atoms with van der Waals surface area (Å²) in [4.78, 5) is 28.0. The Kier molecular flexibility index (Phi) is 8.79. The van der Waals surface area contributed by atoms with Crippen LogP contribution in [0.5, 0.6) is 0 Å². The van der Waals surface area contributed by atoms with Gasteiger partial charge in [0.05, 0.1) is 0 Å². The highest BCUT2D eigenvalue weighted by atomic mass is 35.5. The molecule has 1 aliphatic rings. The van der Waals surface area contributed by atoms with Crippen molar-refractivity contribution in [3.05, 3.63) is 70.7 Å². The van der Waals surface area contributed by atoms with Gasteiger partial charge in [-0.2, -0.15) is 0 Å². The number of rotatable bonds is 8. The largest absolute Gasteiger partial charge is 0.351 e. The van der Waals surface area contributed by atoms with Gasteiger partial charge in [-0.05, 0) is 48.4 Å². The molecule has 4 nitrogen and oxygen atoms in total. The molecule has 1 saturated carbocycles. The third-order valence-electron chi connectivity index (χ3n) is 6.10. The molecule has 0 radical (unpaired) electrons. The average Bonchev–Trinajstić information content (AvgIpc) is 2.79. The van der Waals surface area contributed by atoms with Crippen molar-refractivity contribution in [2.24, 2.45) is 5.92 Å². The Morgan fingerprint density at radius 1 is 1.06 bits per heavy atom. The van der Waals surface area contributed by atoms with Gasteiger partial charge in [-0.1, -0.05) is 73.8 Å². The zero-order chi connectivity index (χ0) is 22.2. The van der Waals surface area contributed by atoms with Crippen molar-refractivity contribution in [2.75, 3.05) is 12.4 Å². The minimum absolute atomic E-state index is 0.123. The molecule has 1 fully saturated rings. The summed E-state index contributed by atoms with van der Waals surface area (Å²) in [6.45, 7) is 2.58. The van der Waals surface area contributed by atoms with E-state index in [2.05, 4.69) is 12.2 Å². The number of hydrogen-bond acceptors (Lipinski definition) is 2. The van der Waals surface area contributed by atoms with Crippen LogP contribution in [0.25, 0.3) is 0 Å². The van der Waals surface area contributed by atoms with Crippen LogP contribution in [-0.4, -0.2) is 35.2 Å². The van der Waals surface area contributed by atoms with Gasteiger partial charge in [0.1, 0.15) is 11.9 Å². The average molecular weight is 461 g/mol. The number of benzene rings is 2. The van der Waals surface area contributed by atoms with Crippen LogP contribution in [-0.2, 0) is 16.0 Å². The number of hydrogen-bond donors (Lipinski definition) is 1. The molecule has 0 unspecified atom stereocenters. The molecule has 0 heterocycles. The Morgan fingerprint density at radius 3 is 2.39 bits per heavy atom. The molecular formula is C25H30Cl2N2O2. The molecule has 0 aromatic heterocycles. The topological polar surface area (TPSA) is 49.4 Å². The lowest BCUT2D eigenvalue weighted by atomic mass is 9.85. The molecule has 3 atom stereocenters. The Balaban J connectivity index is 1.87. The van der Waals surface area contributed by atoms with Gasteiger partial charge in [-0.25, -0.2) is 0 Å². The Hall–Kier alpha value is -2.04. The molecule has 166 valence electrons. The molecule has 2 aromatic rings.